The van der Waals surface area contributed by atoms with Crippen LogP contribution in [0, 0.1) is 25.7 Å². The van der Waals surface area contributed by atoms with Crippen molar-refractivity contribution in [3.8, 4) is 0 Å². The second kappa shape index (κ2) is 8.37. The van der Waals surface area contributed by atoms with Gasteiger partial charge in [-0.3, -0.25) is 4.99 Å². The molecule has 1 saturated carbocycles. The molecule has 1 aliphatic rings. The van der Waals surface area contributed by atoms with E-state index in [1.807, 2.05) is 20.9 Å². The topological polar surface area (TPSA) is 53.7 Å². The van der Waals surface area contributed by atoms with Crippen LogP contribution in [0.4, 0.5) is 0 Å². The van der Waals surface area contributed by atoms with Crippen molar-refractivity contribution in [2.45, 2.75) is 52.9 Å². The van der Waals surface area contributed by atoms with Crippen LogP contribution in [0.1, 0.15) is 49.6 Å². The van der Waals surface area contributed by atoms with E-state index in [-0.39, 0.29) is 0 Å². The molecule has 0 aliphatic heterocycles. The molecule has 0 atom stereocenters. The maximum Gasteiger partial charge on any atom is 0.193 e. The average molecular weight is 320 g/mol. The van der Waals surface area contributed by atoms with Crippen molar-refractivity contribution < 1.29 is 4.52 Å². The molecule has 1 aliphatic carbocycles. The number of nitrogens with zero attached hydrogens (tertiary/aromatic N) is 3. The Morgan fingerprint density at radius 3 is 2.57 bits per heavy atom. The first kappa shape index (κ1) is 17.8. The van der Waals surface area contributed by atoms with Crippen LogP contribution in [0.25, 0.3) is 0 Å². The monoisotopic (exact) mass is 320 g/mol. The summed E-state index contributed by atoms with van der Waals surface area (Å²) < 4.78 is 5.22. The Morgan fingerprint density at radius 2 is 2.00 bits per heavy atom. The van der Waals surface area contributed by atoms with Crippen LogP contribution < -0.4 is 5.32 Å². The predicted octanol–water partition coefficient (Wildman–Crippen LogP) is 3.17. The molecule has 0 amide bonds. The Morgan fingerprint density at radius 1 is 1.30 bits per heavy atom. The maximum atomic E-state index is 5.22. The summed E-state index contributed by atoms with van der Waals surface area (Å²) in [5.74, 6) is 3.61. The van der Waals surface area contributed by atoms with Gasteiger partial charge in [0.1, 0.15) is 5.76 Å². The smallest absolute Gasteiger partial charge is 0.193 e. The first-order valence-electron chi connectivity index (χ1n) is 8.84. The highest BCUT2D eigenvalue weighted by Gasteiger charge is 2.20. The van der Waals surface area contributed by atoms with Crippen molar-refractivity contribution >= 4 is 5.96 Å². The van der Waals surface area contributed by atoms with Crippen LogP contribution in [-0.4, -0.2) is 43.2 Å². The zero-order chi connectivity index (χ0) is 16.8. The van der Waals surface area contributed by atoms with Gasteiger partial charge in [0.15, 0.2) is 5.96 Å². The van der Waals surface area contributed by atoms with Crippen LogP contribution in [0.15, 0.2) is 9.52 Å². The number of aryl methyl sites for hydroxylation is 2. The Bertz CT molecular complexity index is 496. The SMILES string of the molecule is CN=C(NCCc1c(C)noc1C)N(C)CC1CCC(C)CC1. The normalized spacial score (nSPS) is 22.2. The maximum absolute atomic E-state index is 5.22. The van der Waals surface area contributed by atoms with E-state index in [0.29, 0.717) is 0 Å². The number of aliphatic imine (C=N–C) groups is 1. The Balaban J connectivity index is 1.78. The summed E-state index contributed by atoms with van der Waals surface area (Å²) in [5.41, 5.74) is 2.20. The van der Waals surface area contributed by atoms with E-state index in [0.717, 1.165) is 48.8 Å². The summed E-state index contributed by atoms with van der Waals surface area (Å²) >= 11 is 0. The molecule has 0 bridgehead atoms. The van der Waals surface area contributed by atoms with E-state index in [9.17, 15) is 0 Å². The fourth-order valence-electron chi connectivity index (χ4n) is 3.53. The molecule has 23 heavy (non-hydrogen) atoms. The van der Waals surface area contributed by atoms with Crippen LogP contribution in [-0.2, 0) is 6.42 Å². The summed E-state index contributed by atoms with van der Waals surface area (Å²) in [6.45, 7) is 8.28. The Kier molecular flexibility index (Phi) is 6.48. The molecule has 1 N–H and O–H groups in total. The van der Waals surface area contributed by atoms with E-state index >= 15 is 0 Å². The van der Waals surface area contributed by atoms with E-state index in [1.54, 1.807) is 0 Å². The third kappa shape index (κ3) is 4.98. The van der Waals surface area contributed by atoms with Gasteiger partial charge in [0.2, 0.25) is 0 Å². The molecule has 1 fully saturated rings. The van der Waals surface area contributed by atoms with Crippen LogP contribution in [0.5, 0.6) is 0 Å². The summed E-state index contributed by atoms with van der Waals surface area (Å²) in [6.07, 6.45) is 6.35. The fourth-order valence-corrected chi connectivity index (χ4v) is 3.53. The molecule has 0 saturated heterocycles. The second-order valence-electron chi connectivity index (χ2n) is 7.03. The number of rotatable bonds is 5. The largest absolute Gasteiger partial charge is 0.361 e. The van der Waals surface area contributed by atoms with Gasteiger partial charge < -0.3 is 14.7 Å². The lowest BCUT2D eigenvalue weighted by Gasteiger charge is -2.31. The molecule has 5 nitrogen and oxygen atoms in total. The van der Waals surface area contributed by atoms with Crippen molar-refractivity contribution in [1.29, 1.82) is 0 Å². The molecular weight excluding hydrogens is 288 g/mol. The van der Waals surface area contributed by atoms with Gasteiger partial charge >= 0.3 is 0 Å². The fraction of sp³-hybridized carbons (Fsp3) is 0.778. The number of guanidine groups is 1. The first-order chi connectivity index (χ1) is 11.0. The van der Waals surface area contributed by atoms with Gasteiger partial charge in [0, 0.05) is 32.7 Å². The molecule has 0 aromatic carbocycles. The van der Waals surface area contributed by atoms with Crippen LogP contribution in [0.3, 0.4) is 0 Å². The van der Waals surface area contributed by atoms with E-state index in [2.05, 4.69) is 34.3 Å². The molecule has 0 spiro atoms. The average Bonchev–Trinajstić information content (AvgIpc) is 2.85. The summed E-state index contributed by atoms with van der Waals surface area (Å²) in [7, 11) is 4.00. The van der Waals surface area contributed by atoms with Gasteiger partial charge in [-0.1, -0.05) is 24.9 Å². The molecule has 0 radical (unpaired) electrons. The summed E-state index contributed by atoms with van der Waals surface area (Å²) in [4.78, 5) is 6.70. The highest BCUT2D eigenvalue weighted by atomic mass is 16.5. The lowest BCUT2D eigenvalue weighted by molar-refractivity contribution is 0.250. The van der Waals surface area contributed by atoms with Gasteiger partial charge in [0.05, 0.1) is 5.69 Å². The minimum Gasteiger partial charge on any atom is -0.361 e. The first-order valence-corrected chi connectivity index (χ1v) is 8.84. The molecule has 1 heterocycles. The van der Waals surface area contributed by atoms with Crippen molar-refractivity contribution in [3.05, 3.63) is 17.0 Å². The van der Waals surface area contributed by atoms with Gasteiger partial charge in [-0.2, -0.15) is 0 Å². The molecular formula is C18H32N4O. The Labute approximate surface area is 140 Å². The van der Waals surface area contributed by atoms with Crippen molar-refractivity contribution in [3.63, 3.8) is 0 Å². The highest BCUT2D eigenvalue weighted by molar-refractivity contribution is 5.79. The summed E-state index contributed by atoms with van der Waals surface area (Å²) in [6, 6.07) is 0. The third-order valence-electron chi connectivity index (χ3n) is 5.08. The van der Waals surface area contributed by atoms with Crippen molar-refractivity contribution in [2.75, 3.05) is 27.2 Å². The quantitative estimate of drug-likeness (QED) is 0.669. The number of hydrogen-bond acceptors (Lipinski definition) is 3. The van der Waals surface area contributed by atoms with E-state index < -0.39 is 0 Å². The van der Waals surface area contributed by atoms with E-state index in [1.165, 1.54) is 31.2 Å². The minimum atomic E-state index is 0.803. The predicted molar refractivity (Wildman–Crippen MR) is 94.8 cm³/mol. The zero-order valence-electron chi connectivity index (χ0n) is 15.4. The Hall–Kier alpha value is -1.52. The second-order valence-corrected chi connectivity index (χ2v) is 7.03. The molecule has 130 valence electrons. The summed E-state index contributed by atoms with van der Waals surface area (Å²) in [5, 5.41) is 7.48. The van der Waals surface area contributed by atoms with Crippen LogP contribution >= 0.6 is 0 Å². The highest BCUT2D eigenvalue weighted by Crippen LogP contribution is 2.28. The molecule has 5 heteroatoms. The molecule has 0 unspecified atom stereocenters. The van der Waals surface area contributed by atoms with Gasteiger partial charge in [-0.05, 0) is 44.9 Å². The number of hydrogen-bond donors (Lipinski definition) is 1. The molecule has 1 aromatic heterocycles. The van der Waals surface area contributed by atoms with Gasteiger partial charge in [-0.15, -0.1) is 0 Å². The van der Waals surface area contributed by atoms with E-state index in [4.69, 9.17) is 4.52 Å². The zero-order valence-corrected chi connectivity index (χ0v) is 15.4. The van der Waals surface area contributed by atoms with Gasteiger partial charge in [-0.25, -0.2) is 0 Å². The van der Waals surface area contributed by atoms with Crippen LogP contribution in [0.2, 0.25) is 0 Å². The molecule has 2 rings (SSSR count). The molecule has 1 aromatic rings. The number of aromatic nitrogens is 1. The standard InChI is InChI=1S/C18H32N4O/c1-13-6-8-16(9-7-13)12-22(5)18(19-4)20-11-10-17-14(2)21-23-15(17)3/h13,16H,6-12H2,1-5H3,(H,19,20). The third-order valence-corrected chi connectivity index (χ3v) is 5.08. The minimum absolute atomic E-state index is 0.803. The van der Waals surface area contributed by atoms with Crippen molar-refractivity contribution in [1.82, 2.24) is 15.4 Å². The van der Waals surface area contributed by atoms with Gasteiger partial charge in [0.25, 0.3) is 0 Å². The van der Waals surface area contributed by atoms with Crippen molar-refractivity contribution in [2.24, 2.45) is 16.8 Å². The lowest BCUT2D eigenvalue weighted by atomic mass is 9.83. The number of nitrogens with one attached hydrogen (secondary N) is 1. The lowest BCUT2D eigenvalue weighted by Crippen LogP contribution is -2.42.